The molecule has 4 amide bonds. The minimum Gasteiger partial charge on any atom is -0.464 e. The average molecular weight is 445 g/mol. The molecule has 1 unspecified atom stereocenters. The van der Waals surface area contributed by atoms with E-state index in [-0.39, 0.29) is 42.8 Å². The molecule has 1 fully saturated rings. The van der Waals surface area contributed by atoms with Gasteiger partial charge in [-0.3, -0.25) is 14.5 Å². The van der Waals surface area contributed by atoms with Gasteiger partial charge in [0.2, 0.25) is 5.91 Å². The summed E-state index contributed by atoms with van der Waals surface area (Å²) in [5.74, 6) is -1.23. The third-order valence-corrected chi connectivity index (χ3v) is 6.02. The number of carbonyl (C=O) groups is 4. The maximum absolute atomic E-state index is 12.6. The molecule has 9 nitrogen and oxygen atoms in total. The zero-order chi connectivity index (χ0) is 22.5. The lowest BCUT2D eigenvalue weighted by Gasteiger charge is -2.13. The van der Waals surface area contributed by atoms with Gasteiger partial charge in [-0.15, -0.1) is 11.3 Å². The number of urea groups is 1. The second-order valence-corrected chi connectivity index (χ2v) is 8.41. The van der Waals surface area contributed by atoms with Gasteiger partial charge in [-0.05, 0) is 17.9 Å². The van der Waals surface area contributed by atoms with Crippen molar-refractivity contribution in [3.8, 4) is 0 Å². The highest BCUT2D eigenvalue weighted by atomic mass is 32.1. The molecule has 31 heavy (non-hydrogen) atoms. The highest BCUT2D eigenvalue weighted by Crippen LogP contribution is 2.30. The van der Waals surface area contributed by atoms with Gasteiger partial charge < -0.3 is 15.4 Å². The predicted molar refractivity (Wildman–Crippen MR) is 115 cm³/mol. The average Bonchev–Trinajstić information content (AvgIpc) is 3.29. The fourth-order valence-corrected chi connectivity index (χ4v) is 4.14. The van der Waals surface area contributed by atoms with Crippen molar-refractivity contribution in [3.05, 3.63) is 46.5 Å². The van der Waals surface area contributed by atoms with Crippen molar-refractivity contribution in [1.29, 1.82) is 0 Å². The van der Waals surface area contributed by atoms with Crippen molar-refractivity contribution in [2.45, 2.75) is 45.2 Å². The van der Waals surface area contributed by atoms with Crippen LogP contribution in [0.4, 0.5) is 9.93 Å². The maximum atomic E-state index is 12.6. The van der Waals surface area contributed by atoms with Crippen LogP contribution in [0.25, 0.3) is 0 Å². The molecule has 0 saturated carbocycles. The van der Waals surface area contributed by atoms with E-state index in [9.17, 15) is 19.2 Å². The molecule has 1 atom stereocenters. The molecule has 3 rings (SSSR count). The van der Waals surface area contributed by atoms with E-state index in [0.29, 0.717) is 5.13 Å². The van der Waals surface area contributed by atoms with E-state index >= 15 is 0 Å². The fraction of sp³-hybridized carbons (Fsp3) is 0.381. The third-order valence-electron chi connectivity index (χ3n) is 4.75. The van der Waals surface area contributed by atoms with Crippen LogP contribution >= 0.6 is 11.3 Å². The Kier molecular flexibility index (Phi) is 7.01. The summed E-state index contributed by atoms with van der Waals surface area (Å²) in [5, 5.41) is 5.58. The Labute approximate surface area is 183 Å². The van der Waals surface area contributed by atoms with Gasteiger partial charge >= 0.3 is 12.0 Å². The Hall–Kier alpha value is -3.27. The molecular formula is C21H24N4O5S. The van der Waals surface area contributed by atoms with Gasteiger partial charge in [0.1, 0.15) is 6.04 Å². The van der Waals surface area contributed by atoms with E-state index in [4.69, 9.17) is 4.74 Å². The van der Waals surface area contributed by atoms with Crippen LogP contribution < -0.4 is 10.6 Å². The molecule has 1 aromatic carbocycles. The molecule has 1 aromatic heterocycles. The first-order valence-corrected chi connectivity index (χ1v) is 10.7. The number of anilines is 1. The molecule has 1 saturated heterocycles. The van der Waals surface area contributed by atoms with Crippen LogP contribution in [0, 0.1) is 0 Å². The fourth-order valence-electron chi connectivity index (χ4n) is 3.17. The van der Waals surface area contributed by atoms with Gasteiger partial charge in [0.25, 0.3) is 5.91 Å². The number of hydrogen-bond acceptors (Lipinski definition) is 7. The number of esters is 1. The first kappa shape index (κ1) is 22.4. The van der Waals surface area contributed by atoms with Crippen molar-refractivity contribution in [2.24, 2.45) is 0 Å². The van der Waals surface area contributed by atoms with Gasteiger partial charge in [0, 0.05) is 11.3 Å². The molecule has 2 N–H and O–H groups in total. The van der Waals surface area contributed by atoms with Gasteiger partial charge in [-0.1, -0.05) is 44.2 Å². The molecular weight excluding hydrogens is 420 g/mol. The summed E-state index contributed by atoms with van der Waals surface area (Å²) < 4.78 is 4.75. The number of carbonyl (C=O) groups excluding carboxylic acids is 4. The van der Waals surface area contributed by atoms with E-state index in [0.717, 1.165) is 15.3 Å². The monoisotopic (exact) mass is 444 g/mol. The Morgan fingerprint density at radius 3 is 2.61 bits per heavy atom. The zero-order valence-corrected chi connectivity index (χ0v) is 18.3. The Bertz CT molecular complexity index is 989. The molecule has 164 valence electrons. The van der Waals surface area contributed by atoms with Crippen LogP contribution in [0.1, 0.15) is 53.5 Å². The van der Waals surface area contributed by atoms with Crippen molar-refractivity contribution >= 4 is 40.3 Å². The molecule has 0 radical (unpaired) electrons. The largest absolute Gasteiger partial charge is 0.464 e. The van der Waals surface area contributed by atoms with Crippen molar-refractivity contribution in [2.75, 3.05) is 12.4 Å². The van der Waals surface area contributed by atoms with Gasteiger partial charge in [0.05, 0.1) is 13.7 Å². The Morgan fingerprint density at radius 2 is 1.97 bits per heavy atom. The van der Waals surface area contributed by atoms with Crippen molar-refractivity contribution in [3.63, 3.8) is 0 Å². The lowest BCUT2D eigenvalue weighted by Crippen LogP contribution is -2.31. The number of ether oxygens (including phenoxy) is 1. The molecule has 1 aliphatic heterocycles. The number of benzene rings is 1. The highest BCUT2D eigenvalue weighted by Gasteiger charge is 2.37. The molecule has 0 spiro atoms. The molecule has 0 bridgehead atoms. The second kappa shape index (κ2) is 9.69. The van der Waals surface area contributed by atoms with Gasteiger partial charge in [0.15, 0.2) is 10.8 Å². The lowest BCUT2D eigenvalue weighted by molar-refractivity contribution is -0.128. The number of aromatic nitrogens is 1. The first-order valence-electron chi connectivity index (χ1n) is 9.84. The quantitative estimate of drug-likeness (QED) is 0.478. The third kappa shape index (κ3) is 5.26. The van der Waals surface area contributed by atoms with Crippen LogP contribution in [0.2, 0.25) is 0 Å². The number of methoxy groups -OCH3 is 1. The summed E-state index contributed by atoms with van der Waals surface area (Å²) >= 11 is 1.21. The Morgan fingerprint density at radius 1 is 1.26 bits per heavy atom. The summed E-state index contributed by atoms with van der Waals surface area (Å²) in [7, 11) is 1.28. The summed E-state index contributed by atoms with van der Waals surface area (Å²) in [6.07, 6.45) is 0.175. The number of rotatable bonds is 8. The van der Waals surface area contributed by atoms with Crippen LogP contribution in [0.5, 0.6) is 0 Å². The summed E-state index contributed by atoms with van der Waals surface area (Å²) in [5.41, 5.74) is 1.03. The molecule has 1 aliphatic rings. The number of hydrogen-bond donors (Lipinski definition) is 2. The van der Waals surface area contributed by atoms with Crippen LogP contribution in [-0.2, 0) is 20.9 Å². The smallest absolute Gasteiger partial charge is 0.357 e. The minimum absolute atomic E-state index is 0.0139. The van der Waals surface area contributed by atoms with E-state index in [1.54, 1.807) is 0 Å². The summed E-state index contributed by atoms with van der Waals surface area (Å²) in [6.45, 7) is 4.02. The number of imide groups is 1. The number of nitrogens with one attached hydrogen (secondary N) is 2. The highest BCUT2D eigenvalue weighted by molar-refractivity contribution is 7.16. The van der Waals surface area contributed by atoms with E-state index in [1.807, 2.05) is 44.2 Å². The maximum Gasteiger partial charge on any atom is 0.357 e. The Balaban J connectivity index is 1.57. The van der Waals surface area contributed by atoms with E-state index < -0.39 is 18.0 Å². The van der Waals surface area contributed by atoms with Gasteiger partial charge in [-0.25, -0.2) is 14.6 Å². The molecule has 0 aliphatic carbocycles. The molecule has 2 aromatic rings. The zero-order valence-electron chi connectivity index (χ0n) is 17.5. The summed E-state index contributed by atoms with van der Waals surface area (Å²) in [6, 6.07) is 7.98. The minimum atomic E-state index is -0.755. The second-order valence-electron chi connectivity index (χ2n) is 7.38. The van der Waals surface area contributed by atoms with Crippen LogP contribution in [-0.4, -0.2) is 46.9 Å². The molecule has 10 heteroatoms. The predicted octanol–water partition coefficient (Wildman–Crippen LogP) is 2.89. The molecule has 2 heterocycles. The summed E-state index contributed by atoms with van der Waals surface area (Å²) in [4.78, 5) is 55.0. The SMILES string of the molecule is COC(=O)c1nc(NC(=O)CCC2NC(=O)N(Cc3ccccc3)C2=O)sc1C(C)C. The lowest BCUT2D eigenvalue weighted by atomic mass is 10.1. The topological polar surface area (TPSA) is 118 Å². The normalized spacial score (nSPS) is 15.9. The van der Waals surface area contributed by atoms with Crippen LogP contribution in [0.3, 0.4) is 0 Å². The van der Waals surface area contributed by atoms with Crippen molar-refractivity contribution < 1.29 is 23.9 Å². The van der Waals surface area contributed by atoms with Crippen molar-refractivity contribution in [1.82, 2.24) is 15.2 Å². The first-order chi connectivity index (χ1) is 14.8. The van der Waals surface area contributed by atoms with E-state index in [1.165, 1.54) is 18.4 Å². The van der Waals surface area contributed by atoms with E-state index in [2.05, 4.69) is 15.6 Å². The number of thiazole rings is 1. The van der Waals surface area contributed by atoms with Gasteiger partial charge in [-0.2, -0.15) is 0 Å². The number of nitrogens with zero attached hydrogens (tertiary/aromatic N) is 2. The van der Waals surface area contributed by atoms with Crippen LogP contribution in [0.15, 0.2) is 30.3 Å². The standard InChI is InChI=1S/C21H24N4O5S/c1-12(2)17-16(19(28)30-3)24-20(31-17)23-15(26)10-9-14-18(27)25(21(29)22-14)11-13-7-5-4-6-8-13/h4-8,12,14H,9-11H2,1-3H3,(H,22,29)(H,23,24,26). The number of amides is 4.